The van der Waals surface area contributed by atoms with E-state index in [1.807, 2.05) is 17.5 Å². The van der Waals surface area contributed by atoms with E-state index in [1.165, 1.54) is 22.6 Å². The molecule has 1 atom stereocenters. The lowest BCUT2D eigenvalue weighted by molar-refractivity contribution is -0.385. The van der Waals surface area contributed by atoms with Crippen LogP contribution in [-0.2, 0) is 11.3 Å². The van der Waals surface area contributed by atoms with Gasteiger partial charge in [-0.3, -0.25) is 24.3 Å². The molecule has 9 nitrogen and oxygen atoms in total. The molecule has 1 amide bonds. The van der Waals surface area contributed by atoms with E-state index in [-0.39, 0.29) is 12.2 Å². The molecule has 0 saturated heterocycles. The molecule has 0 N–H and O–H groups in total. The third kappa shape index (κ3) is 3.37. The third-order valence-electron chi connectivity index (χ3n) is 4.33. The number of rotatable bonds is 5. The number of thiophene rings is 1. The molecular formula is C18H14N4O5S. The van der Waals surface area contributed by atoms with E-state index in [9.17, 15) is 19.7 Å². The number of nitrogens with zero attached hydrogens (tertiary/aromatic N) is 4. The molecule has 142 valence electrons. The minimum atomic E-state index is -0.616. The van der Waals surface area contributed by atoms with Crippen LogP contribution in [-0.4, -0.2) is 26.1 Å². The summed E-state index contributed by atoms with van der Waals surface area (Å²) in [4.78, 5) is 36.2. The highest BCUT2D eigenvalue weighted by Gasteiger charge is 2.35. The molecular weight excluding hydrogens is 384 g/mol. The lowest BCUT2D eigenvalue weighted by Crippen LogP contribution is -2.33. The van der Waals surface area contributed by atoms with Crippen LogP contribution in [0.3, 0.4) is 0 Å². The number of pyridine rings is 1. The largest absolute Gasteiger partial charge is 0.467 e. The highest BCUT2D eigenvalue weighted by Crippen LogP contribution is 2.34. The van der Waals surface area contributed by atoms with E-state index in [0.717, 1.165) is 33.5 Å². The molecule has 10 heteroatoms. The quantitative estimate of drug-likeness (QED) is 0.485. The van der Waals surface area contributed by atoms with Crippen LogP contribution in [0.25, 0.3) is 0 Å². The van der Waals surface area contributed by atoms with Crippen molar-refractivity contribution in [2.24, 2.45) is 5.10 Å². The summed E-state index contributed by atoms with van der Waals surface area (Å²) < 4.78 is 6.48. The molecule has 0 aliphatic carbocycles. The lowest BCUT2D eigenvalue weighted by atomic mass is 10.1. The summed E-state index contributed by atoms with van der Waals surface area (Å²) in [5.74, 6) is 0.116. The van der Waals surface area contributed by atoms with Crippen molar-refractivity contribution in [1.29, 1.82) is 0 Å². The highest BCUT2D eigenvalue weighted by atomic mass is 32.1. The van der Waals surface area contributed by atoms with E-state index in [0.29, 0.717) is 12.2 Å². The zero-order valence-corrected chi connectivity index (χ0v) is 15.2. The van der Waals surface area contributed by atoms with Gasteiger partial charge in [-0.1, -0.05) is 6.07 Å². The first-order valence-corrected chi connectivity index (χ1v) is 9.22. The number of amides is 1. The molecule has 3 aromatic heterocycles. The Bertz CT molecular complexity index is 1100. The van der Waals surface area contributed by atoms with Crippen LogP contribution in [0.5, 0.6) is 0 Å². The Labute approximate surface area is 162 Å². The van der Waals surface area contributed by atoms with Crippen molar-refractivity contribution in [3.05, 3.63) is 85.3 Å². The van der Waals surface area contributed by atoms with E-state index in [2.05, 4.69) is 5.10 Å². The first-order chi connectivity index (χ1) is 13.5. The van der Waals surface area contributed by atoms with Gasteiger partial charge in [0.1, 0.15) is 18.3 Å². The van der Waals surface area contributed by atoms with Gasteiger partial charge in [-0.2, -0.15) is 5.10 Å². The van der Waals surface area contributed by atoms with Crippen LogP contribution in [0.2, 0.25) is 0 Å². The Morgan fingerprint density at radius 1 is 1.32 bits per heavy atom. The van der Waals surface area contributed by atoms with Gasteiger partial charge >= 0.3 is 0 Å². The van der Waals surface area contributed by atoms with Crippen LogP contribution >= 0.6 is 11.3 Å². The Balaban J connectivity index is 1.65. The second-order valence-corrected chi connectivity index (χ2v) is 7.06. The van der Waals surface area contributed by atoms with Crippen molar-refractivity contribution < 1.29 is 14.1 Å². The number of hydrogen-bond donors (Lipinski definition) is 0. The molecule has 1 aliphatic rings. The van der Waals surface area contributed by atoms with Crippen LogP contribution in [0.1, 0.15) is 23.1 Å². The zero-order chi connectivity index (χ0) is 19.7. The first-order valence-electron chi connectivity index (χ1n) is 8.34. The molecule has 0 bridgehead atoms. The van der Waals surface area contributed by atoms with Gasteiger partial charge in [0.15, 0.2) is 0 Å². The summed E-state index contributed by atoms with van der Waals surface area (Å²) in [6.45, 7) is -0.362. The van der Waals surface area contributed by atoms with Gasteiger partial charge < -0.3 is 4.42 Å². The number of carbonyl (C=O) groups excluding carboxylic acids is 1. The average Bonchev–Trinajstić information content (AvgIpc) is 3.42. The molecule has 4 rings (SSSR count). The van der Waals surface area contributed by atoms with E-state index in [1.54, 1.807) is 12.1 Å². The molecule has 4 heterocycles. The zero-order valence-electron chi connectivity index (χ0n) is 14.4. The maximum Gasteiger partial charge on any atom is 0.285 e. The highest BCUT2D eigenvalue weighted by molar-refractivity contribution is 7.12. The molecule has 0 fully saturated rings. The molecule has 0 unspecified atom stereocenters. The SMILES string of the molecule is O=C(Cn1cc([N+](=O)[O-])ccc1=O)N1N=C(c2cccs2)C[C@H]1c1ccco1. The molecule has 3 aromatic rings. The molecule has 0 radical (unpaired) electrons. The van der Waals surface area contributed by atoms with Gasteiger partial charge in [-0.15, -0.1) is 11.3 Å². The third-order valence-corrected chi connectivity index (χ3v) is 5.25. The van der Waals surface area contributed by atoms with E-state index < -0.39 is 22.4 Å². The number of nitro groups is 1. The maximum atomic E-state index is 12.9. The van der Waals surface area contributed by atoms with Crippen molar-refractivity contribution in [1.82, 2.24) is 9.58 Å². The minimum absolute atomic E-state index is 0.265. The van der Waals surface area contributed by atoms with Crippen LogP contribution < -0.4 is 5.56 Å². The van der Waals surface area contributed by atoms with Gasteiger partial charge in [0.2, 0.25) is 0 Å². The fourth-order valence-electron chi connectivity index (χ4n) is 3.00. The fourth-order valence-corrected chi connectivity index (χ4v) is 3.72. The number of hydrogen-bond acceptors (Lipinski definition) is 7. The number of furan rings is 1. The lowest BCUT2D eigenvalue weighted by Gasteiger charge is -2.20. The monoisotopic (exact) mass is 398 g/mol. The van der Waals surface area contributed by atoms with E-state index in [4.69, 9.17) is 4.42 Å². The standard InChI is InChI=1S/C18H14N4O5S/c23-17-6-5-12(22(25)26)10-20(17)11-18(24)21-14(15-3-1-7-27-15)9-13(19-21)16-4-2-8-28-16/h1-8,10,14H,9,11H2/t14-/m0/s1. The smallest absolute Gasteiger partial charge is 0.285 e. The summed E-state index contributed by atoms with van der Waals surface area (Å²) in [7, 11) is 0. The maximum absolute atomic E-state index is 12.9. The Kier molecular flexibility index (Phi) is 4.62. The van der Waals surface area contributed by atoms with Crippen LogP contribution in [0, 0.1) is 10.1 Å². The van der Waals surface area contributed by atoms with Crippen molar-refractivity contribution >= 4 is 28.6 Å². The summed E-state index contributed by atoms with van der Waals surface area (Å²) in [5.41, 5.74) is -0.0227. The number of carbonyl (C=O) groups is 1. The molecule has 0 spiro atoms. The summed E-state index contributed by atoms with van der Waals surface area (Å²) in [6, 6.07) is 9.05. The summed E-state index contributed by atoms with van der Waals surface area (Å²) in [5, 5.41) is 18.6. The second kappa shape index (κ2) is 7.24. The second-order valence-electron chi connectivity index (χ2n) is 6.11. The molecule has 1 aliphatic heterocycles. The van der Waals surface area contributed by atoms with Crippen LogP contribution in [0.4, 0.5) is 5.69 Å². The first kappa shape index (κ1) is 17.9. The average molecular weight is 398 g/mol. The van der Waals surface area contributed by atoms with Gasteiger partial charge in [-0.05, 0) is 23.6 Å². The summed E-state index contributed by atoms with van der Waals surface area (Å²) >= 11 is 1.52. The summed E-state index contributed by atoms with van der Waals surface area (Å²) in [6.07, 6.45) is 3.05. The molecule has 0 aromatic carbocycles. The topological polar surface area (TPSA) is 111 Å². The fraction of sp³-hybridized carbons (Fsp3) is 0.167. The van der Waals surface area contributed by atoms with E-state index >= 15 is 0 Å². The van der Waals surface area contributed by atoms with Crippen molar-refractivity contribution in [2.75, 3.05) is 0 Å². The Morgan fingerprint density at radius 2 is 2.18 bits per heavy atom. The van der Waals surface area contributed by atoms with Crippen molar-refractivity contribution in [3.63, 3.8) is 0 Å². The van der Waals surface area contributed by atoms with Crippen molar-refractivity contribution in [3.8, 4) is 0 Å². The Morgan fingerprint density at radius 3 is 2.86 bits per heavy atom. The van der Waals surface area contributed by atoms with Crippen LogP contribution in [0.15, 0.2) is 68.6 Å². The van der Waals surface area contributed by atoms with Gasteiger partial charge in [-0.25, -0.2) is 5.01 Å². The number of aromatic nitrogens is 1. The normalized spacial score (nSPS) is 16.2. The van der Waals surface area contributed by atoms with Gasteiger partial charge in [0, 0.05) is 18.6 Å². The van der Waals surface area contributed by atoms with Gasteiger partial charge in [0.05, 0.1) is 28.0 Å². The number of hydrazone groups is 1. The van der Waals surface area contributed by atoms with Crippen molar-refractivity contribution in [2.45, 2.75) is 19.0 Å². The van der Waals surface area contributed by atoms with Gasteiger partial charge in [0.25, 0.3) is 17.2 Å². The predicted molar refractivity (Wildman–Crippen MR) is 101 cm³/mol. The predicted octanol–water partition coefficient (Wildman–Crippen LogP) is 2.79. The Hall–Kier alpha value is -3.53. The minimum Gasteiger partial charge on any atom is -0.467 e. The molecule has 0 saturated carbocycles. The molecule has 28 heavy (non-hydrogen) atoms.